The van der Waals surface area contributed by atoms with Crippen LogP contribution in [0.25, 0.3) is 0 Å². The lowest BCUT2D eigenvalue weighted by atomic mass is 10.1. The second-order valence-electron chi connectivity index (χ2n) is 8.43. The molecule has 2 N–H and O–H groups in total. The first-order valence-electron chi connectivity index (χ1n) is 11.4. The number of hydrogen-bond donors (Lipinski definition) is 2. The Labute approximate surface area is 195 Å². The van der Waals surface area contributed by atoms with E-state index in [1.54, 1.807) is 14.2 Å². The van der Waals surface area contributed by atoms with E-state index in [0.717, 1.165) is 48.3 Å². The summed E-state index contributed by atoms with van der Waals surface area (Å²) in [4.78, 5) is 9.05. The van der Waals surface area contributed by atoms with Crippen molar-refractivity contribution in [3.8, 4) is 17.2 Å². The van der Waals surface area contributed by atoms with Gasteiger partial charge >= 0.3 is 0 Å². The van der Waals surface area contributed by atoms with Gasteiger partial charge < -0.3 is 20.1 Å². The summed E-state index contributed by atoms with van der Waals surface area (Å²) in [5.74, 6) is 5.29. The van der Waals surface area contributed by atoms with Crippen molar-refractivity contribution in [1.82, 2.24) is 25.4 Å². The third-order valence-electron chi connectivity index (χ3n) is 5.64. The van der Waals surface area contributed by atoms with E-state index in [9.17, 15) is 0 Å². The number of aliphatic imine (C=N–C) groups is 1. The van der Waals surface area contributed by atoms with Crippen molar-refractivity contribution in [3.05, 3.63) is 65.7 Å². The molecule has 2 heterocycles. The van der Waals surface area contributed by atoms with E-state index in [4.69, 9.17) is 9.47 Å². The van der Waals surface area contributed by atoms with Gasteiger partial charge in [-0.25, -0.2) is 9.67 Å². The van der Waals surface area contributed by atoms with Crippen LogP contribution in [-0.2, 0) is 19.5 Å². The molecule has 0 spiro atoms. The van der Waals surface area contributed by atoms with Crippen LogP contribution in [0.2, 0.25) is 0 Å². The molecule has 0 amide bonds. The lowest BCUT2D eigenvalue weighted by molar-refractivity contribution is 0.379. The zero-order valence-electron chi connectivity index (χ0n) is 19.7. The average molecular weight is 449 g/mol. The Morgan fingerprint density at radius 2 is 1.91 bits per heavy atom. The van der Waals surface area contributed by atoms with Crippen LogP contribution < -0.4 is 20.1 Å². The Balaban J connectivity index is 1.30. The fraction of sp³-hybridized carbons (Fsp3) is 0.400. The van der Waals surface area contributed by atoms with Gasteiger partial charge in [-0.05, 0) is 36.2 Å². The van der Waals surface area contributed by atoms with Crippen LogP contribution >= 0.6 is 0 Å². The Morgan fingerprint density at radius 1 is 1.15 bits per heavy atom. The number of guanidine groups is 1. The molecule has 174 valence electrons. The largest absolute Gasteiger partial charge is 0.493 e. The second kappa shape index (κ2) is 10.4. The number of nitrogens with one attached hydrogen (secondary N) is 2. The smallest absolute Gasteiger partial charge is 0.191 e. The fourth-order valence-electron chi connectivity index (χ4n) is 3.77. The van der Waals surface area contributed by atoms with E-state index < -0.39 is 0 Å². The van der Waals surface area contributed by atoms with Crippen molar-refractivity contribution in [1.29, 1.82) is 0 Å². The fourth-order valence-corrected chi connectivity index (χ4v) is 3.77. The monoisotopic (exact) mass is 448 g/mol. The Hall–Kier alpha value is -3.55. The molecule has 0 saturated heterocycles. The maximum atomic E-state index is 5.95. The van der Waals surface area contributed by atoms with Crippen LogP contribution in [0.15, 0.2) is 53.5 Å². The first kappa shape index (κ1) is 22.6. The highest BCUT2D eigenvalue weighted by atomic mass is 16.5. The maximum absolute atomic E-state index is 5.95. The summed E-state index contributed by atoms with van der Waals surface area (Å²) in [5.41, 5.74) is 1.13. The van der Waals surface area contributed by atoms with E-state index in [2.05, 4.69) is 39.6 Å². The average Bonchev–Trinajstić information content (AvgIpc) is 3.27. The van der Waals surface area contributed by atoms with Gasteiger partial charge in [-0.1, -0.05) is 38.1 Å². The molecule has 1 aliphatic heterocycles. The van der Waals surface area contributed by atoms with Crippen LogP contribution in [0.5, 0.6) is 17.2 Å². The van der Waals surface area contributed by atoms with Gasteiger partial charge in [0.05, 0.1) is 13.7 Å². The van der Waals surface area contributed by atoms with Crippen molar-refractivity contribution in [2.45, 2.75) is 51.7 Å². The topological polar surface area (TPSA) is 85.6 Å². The van der Waals surface area contributed by atoms with Crippen molar-refractivity contribution in [2.75, 3.05) is 14.2 Å². The third kappa shape index (κ3) is 5.63. The molecule has 0 radical (unpaired) electrons. The second-order valence-corrected chi connectivity index (χ2v) is 8.43. The van der Waals surface area contributed by atoms with Crippen LogP contribution in [0.3, 0.4) is 0 Å². The lowest BCUT2D eigenvalue weighted by Gasteiger charge is -2.25. The minimum atomic E-state index is 0.266. The van der Waals surface area contributed by atoms with E-state index in [-0.39, 0.29) is 6.04 Å². The number of aryl methyl sites for hydroxylation is 1. The van der Waals surface area contributed by atoms with Gasteiger partial charge in [0, 0.05) is 32.0 Å². The summed E-state index contributed by atoms with van der Waals surface area (Å²) in [6.07, 6.45) is 1.92. The first-order valence-corrected chi connectivity index (χ1v) is 11.4. The zero-order chi connectivity index (χ0) is 23.2. The number of nitrogens with zero attached hydrogens (tertiary/aromatic N) is 4. The van der Waals surface area contributed by atoms with E-state index in [1.807, 2.05) is 53.2 Å². The summed E-state index contributed by atoms with van der Waals surface area (Å²) in [6.45, 7) is 5.71. The number of rotatable bonds is 7. The van der Waals surface area contributed by atoms with Crippen molar-refractivity contribution >= 4 is 5.96 Å². The predicted octanol–water partition coefficient (Wildman–Crippen LogP) is 3.88. The number of aromatic nitrogens is 3. The lowest BCUT2D eigenvalue weighted by Crippen LogP contribution is -2.46. The van der Waals surface area contributed by atoms with Gasteiger partial charge in [-0.15, -0.1) is 0 Å². The number of fused-ring (bicyclic) bond motifs is 1. The SMILES string of the molecule is CN=C(NCc1ccc(Oc2ccccc2OC)cc1)NC1CCc2nc(C(C)C)nn2C1. The minimum absolute atomic E-state index is 0.266. The van der Waals surface area contributed by atoms with E-state index in [1.165, 1.54) is 0 Å². The van der Waals surface area contributed by atoms with Gasteiger partial charge in [-0.2, -0.15) is 5.10 Å². The highest BCUT2D eigenvalue weighted by molar-refractivity contribution is 5.79. The molecule has 1 aliphatic rings. The molecule has 0 fully saturated rings. The first-order chi connectivity index (χ1) is 16.1. The predicted molar refractivity (Wildman–Crippen MR) is 129 cm³/mol. The summed E-state index contributed by atoms with van der Waals surface area (Å²) in [5, 5.41) is 11.6. The molecular weight excluding hydrogens is 416 g/mol. The Bertz CT molecular complexity index is 1090. The Morgan fingerprint density at radius 3 is 2.61 bits per heavy atom. The maximum Gasteiger partial charge on any atom is 0.191 e. The summed E-state index contributed by atoms with van der Waals surface area (Å²) >= 11 is 0. The molecule has 8 heteroatoms. The van der Waals surface area contributed by atoms with Gasteiger partial charge in [0.15, 0.2) is 23.3 Å². The molecule has 4 rings (SSSR count). The van der Waals surface area contributed by atoms with Crippen molar-refractivity contribution in [3.63, 3.8) is 0 Å². The molecule has 1 aromatic heterocycles. The molecule has 33 heavy (non-hydrogen) atoms. The number of hydrogen-bond acceptors (Lipinski definition) is 5. The molecule has 8 nitrogen and oxygen atoms in total. The normalized spacial score (nSPS) is 15.8. The molecule has 3 aromatic rings. The van der Waals surface area contributed by atoms with Crippen molar-refractivity contribution < 1.29 is 9.47 Å². The zero-order valence-corrected chi connectivity index (χ0v) is 19.7. The summed E-state index contributed by atoms with van der Waals surface area (Å²) < 4.78 is 13.3. The highest BCUT2D eigenvalue weighted by Gasteiger charge is 2.23. The van der Waals surface area contributed by atoms with Gasteiger partial charge in [-0.3, -0.25) is 4.99 Å². The minimum Gasteiger partial charge on any atom is -0.493 e. The number of benzene rings is 2. The Kier molecular flexibility index (Phi) is 7.12. The van der Waals surface area contributed by atoms with E-state index in [0.29, 0.717) is 24.0 Å². The molecule has 0 aliphatic carbocycles. The van der Waals surface area contributed by atoms with E-state index >= 15 is 0 Å². The molecular formula is C25H32N6O2. The summed E-state index contributed by atoms with van der Waals surface area (Å²) in [7, 11) is 3.43. The van der Waals surface area contributed by atoms with Gasteiger partial charge in [0.25, 0.3) is 0 Å². The molecule has 1 atom stereocenters. The standard InChI is InChI=1S/C25H32N6O2/c1-17(2)24-29-23-14-11-19(16-31(23)30-24)28-25(26-3)27-15-18-9-12-20(13-10-18)33-22-8-6-5-7-21(22)32-4/h5-10,12-13,17,19H,11,14-16H2,1-4H3,(H2,26,27,28). The van der Waals surface area contributed by atoms with Gasteiger partial charge in [0.1, 0.15) is 11.6 Å². The highest BCUT2D eigenvalue weighted by Crippen LogP contribution is 2.30. The van der Waals surface area contributed by atoms with Crippen LogP contribution in [0.4, 0.5) is 0 Å². The van der Waals surface area contributed by atoms with Gasteiger partial charge in [0.2, 0.25) is 0 Å². The van der Waals surface area contributed by atoms with Crippen molar-refractivity contribution in [2.24, 2.45) is 4.99 Å². The van der Waals surface area contributed by atoms with Crippen LogP contribution in [-0.4, -0.2) is 40.9 Å². The molecule has 0 saturated carbocycles. The number of para-hydroxylation sites is 2. The molecule has 1 unspecified atom stereocenters. The third-order valence-corrected chi connectivity index (χ3v) is 5.64. The molecule has 0 bridgehead atoms. The molecule has 2 aromatic carbocycles. The van der Waals surface area contributed by atoms with Crippen LogP contribution in [0.1, 0.15) is 43.4 Å². The number of methoxy groups -OCH3 is 1. The number of ether oxygens (including phenoxy) is 2. The summed E-state index contributed by atoms with van der Waals surface area (Å²) in [6, 6.07) is 15.9. The van der Waals surface area contributed by atoms with Crippen LogP contribution in [0, 0.1) is 0 Å². The quantitative estimate of drug-likeness (QED) is 0.421.